The zero-order chi connectivity index (χ0) is 14.8. The number of halogens is 1. The highest BCUT2D eigenvalue weighted by Gasteiger charge is 2.08. The van der Waals surface area contributed by atoms with Crippen molar-refractivity contribution in [1.82, 2.24) is 9.61 Å². The first-order valence-electron chi connectivity index (χ1n) is 6.39. The average Bonchev–Trinajstić information content (AvgIpc) is 2.89. The molecular formula is C15H13FN4O. The van der Waals surface area contributed by atoms with Crippen LogP contribution in [0.15, 0.2) is 48.8 Å². The SMILES string of the molecule is NC(=O)c1ccc(F)c(NCc2cnn3ccccc23)c1. The Kier molecular flexibility index (Phi) is 3.27. The highest BCUT2D eigenvalue weighted by molar-refractivity contribution is 5.93. The zero-order valence-corrected chi connectivity index (χ0v) is 11.1. The Hall–Kier alpha value is -2.89. The highest BCUT2D eigenvalue weighted by Crippen LogP contribution is 2.18. The van der Waals surface area contributed by atoms with Crippen LogP contribution in [0.2, 0.25) is 0 Å². The van der Waals surface area contributed by atoms with Crippen molar-refractivity contribution in [2.45, 2.75) is 6.54 Å². The fourth-order valence-corrected chi connectivity index (χ4v) is 2.13. The highest BCUT2D eigenvalue weighted by atomic mass is 19.1. The summed E-state index contributed by atoms with van der Waals surface area (Å²) >= 11 is 0. The van der Waals surface area contributed by atoms with E-state index >= 15 is 0 Å². The van der Waals surface area contributed by atoms with Crippen LogP contribution < -0.4 is 11.1 Å². The molecule has 0 bridgehead atoms. The molecule has 6 heteroatoms. The van der Waals surface area contributed by atoms with Gasteiger partial charge in [0.05, 0.1) is 17.4 Å². The lowest BCUT2D eigenvalue weighted by molar-refractivity contribution is 0.100. The van der Waals surface area contributed by atoms with Crippen molar-refractivity contribution in [2.24, 2.45) is 5.73 Å². The fraction of sp³-hybridized carbons (Fsp3) is 0.0667. The minimum absolute atomic E-state index is 0.238. The molecule has 21 heavy (non-hydrogen) atoms. The van der Waals surface area contributed by atoms with Gasteiger partial charge in [-0.1, -0.05) is 6.07 Å². The molecule has 3 N–H and O–H groups in total. The van der Waals surface area contributed by atoms with Gasteiger partial charge in [-0.15, -0.1) is 0 Å². The molecule has 3 rings (SSSR count). The first kappa shape index (κ1) is 13.1. The number of aromatic nitrogens is 2. The Balaban J connectivity index is 1.84. The molecule has 0 spiro atoms. The van der Waals surface area contributed by atoms with E-state index in [4.69, 9.17) is 5.73 Å². The number of amides is 1. The third-order valence-corrected chi connectivity index (χ3v) is 3.23. The van der Waals surface area contributed by atoms with Gasteiger partial charge in [-0.3, -0.25) is 4.79 Å². The van der Waals surface area contributed by atoms with Crippen molar-refractivity contribution in [1.29, 1.82) is 0 Å². The van der Waals surface area contributed by atoms with Gasteiger partial charge in [-0.25, -0.2) is 8.91 Å². The quantitative estimate of drug-likeness (QED) is 0.771. The van der Waals surface area contributed by atoms with Crippen LogP contribution in [0.5, 0.6) is 0 Å². The van der Waals surface area contributed by atoms with Crippen LogP contribution in [0, 0.1) is 5.82 Å². The Morgan fingerprint density at radius 1 is 1.33 bits per heavy atom. The van der Waals surface area contributed by atoms with E-state index in [0.29, 0.717) is 6.54 Å². The number of nitrogens with two attached hydrogens (primary N) is 1. The molecule has 1 aromatic carbocycles. The minimum atomic E-state index is -0.589. The maximum atomic E-state index is 13.7. The third-order valence-electron chi connectivity index (χ3n) is 3.23. The Bertz CT molecular complexity index is 812. The molecule has 0 saturated heterocycles. The lowest BCUT2D eigenvalue weighted by atomic mass is 10.1. The first-order chi connectivity index (χ1) is 10.1. The summed E-state index contributed by atoms with van der Waals surface area (Å²) in [6.45, 7) is 0.395. The number of fused-ring (bicyclic) bond motifs is 1. The van der Waals surface area contributed by atoms with E-state index in [9.17, 15) is 9.18 Å². The van der Waals surface area contributed by atoms with E-state index in [1.54, 1.807) is 10.7 Å². The number of pyridine rings is 1. The average molecular weight is 284 g/mol. The summed E-state index contributed by atoms with van der Waals surface area (Å²) < 4.78 is 15.5. The van der Waals surface area contributed by atoms with Crippen LogP contribution >= 0.6 is 0 Å². The molecule has 0 fully saturated rings. The van der Waals surface area contributed by atoms with Gasteiger partial charge in [0, 0.05) is 23.9 Å². The van der Waals surface area contributed by atoms with E-state index in [-0.39, 0.29) is 11.3 Å². The minimum Gasteiger partial charge on any atom is -0.378 e. The number of rotatable bonds is 4. The van der Waals surface area contributed by atoms with Crippen LogP contribution in [0.4, 0.5) is 10.1 Å². The van der Waals surface area contributed by atoms with Crippen LogP contribution in [0.1, 0.15) is 15.9 Å². The summed E-state index contributed by atoms with van der Waals surface area (Å²) in [5.41, 5.74) is 7.57. The molecule has 0 saturated carbocycles. The maximum Gasteiger partial charge on any atom is 0.248 e. The van der Waals surface area contributed by atoms with Crippen molar-refractivity contribution in [3.63, 3.8) is 0 Å². The monoisotopic (exact) mass is 284 g/mol. The van der Waals surface area contributed by atoms with E-state index < -0.39 is 11.7 Å². The molecule has 2 heterocycles. The van der Waals surface area contributed by atoms with E-state index in [0.717, 1.165) is 11.1 Å². The van der Waals surface area contributed by atoms with Gasteiger partial charge in [0.15, 0.2) is 0 Å². The summed E-state index contributed by atoms with van der Waals surface area (Å²) in [4.78, 5) is 11.1. The Morgan fingerprint density at radius 3 is 3.00 bits per heavy atom. The molecule has 0 aliphatic rings. The largest absolute Gasteiger partial charge is 0.378 e. The molecular weight excluding hydrogens is 271 g/mol. The van der Waals surface area contributed by atoms with Crippen LogP contribution in [-0.2, 0) is 6.54 Å². The summed E-state index contributed by atoms with van der Waals surface area (Å²) in [7, 11) is 0. The maximum absolute atomic E-state index is 13.7. The predicted octanol–water partition coefficient (Wildman–Crippen LogP) is 2.18. The normalized spacial score (nSPS) is 10.7. The molecule has 106 valence electrons. The zero-order valence-electron chi connectivity index (χ0n) is 11.1. The molecule has 5 nitrogen and oxygen atoms in total. The van der Waals surface area contributed by atoms with Crippen LogP contribution in [-0.4, -0.2) is 15.5 Å². The standard InChI is InChI=1S/C15H13FN4O/c16-12-5-4-10(15(17)21)7-13(12)18-8-11-9-19-20-6-2-1-3-14(11)20/h1-7,9,18H,8H2,(H2,17,21). The number of anilines is 1. The number of hydrogen-bond acceptors (Lipinski definition) is 3. The van der Waals surface area contributed by atoms with Crippen molar-refractivity contribution in [3.8, 4) is 0 Å². The molecule has 2 aromatic heterocycles. The number of carbonyl (C=O) groups is 1. The summed E-state index contributed by atoms with van der Waals surface area (Å²) in [6, 6.07) is 9.71. The number of nitrogens with zero attached hydrogens (tertiary/aromatic N) is 2. The number of carbonyl (C=O) groups excluding carboxylic acids is 1. The molecule has 0 atom stereocenters. The predicted molar refractivity (Wildman–Crippen MR) is 77.4 cm³/mol. The summed E-state index contributed by atoms with van der Waals surface area (Å²) in [6.07, 6.45) is 3.56. The Labute approximate surface area is 120 Å². The van der Waals surface area contributed by atoms with Crippen molar-refractivity contribution in [3.05, 3.63) is 65.7 Å². The molecule has 0 aliphatic heterocycles. The summed E-state index contributed by atoms with van der Waals surface area (Å²) in [5.74, 6) is -1.02. The van der Waals surface area contributed by atoms with Crippen molar-refractivity contribution < 1.29 is 9.18 Å². The molecule has 0 radical (unpaired) electrons. The van der Waals surface area contributed by atoms with Gasteiger partial charge in [-0.05, 0) is 30.3 Å². The van der Waals surface area contributed by atoms with Gasteiger partial charge < -0.3 is 11.1 Å². The van der Waals surface area contributed by atoms with E-state index in [1.807, 2.05) is 24.4 Å². The lowest BCUT2D eigenvalue weighted by Gasteiger charge is -2.08. The number of benzene rings is 1. The van der Waals surface area contributed by atoms with Gasteiger partial charge in [-0.2, -0.15) is 5.10 Å². The molecule has 3 aromatic rings. The number of hydrogen-bond donors (Lipinski definition) is 2. The van der Waals surface area contributed by atoms with Crippen LogP contribution in [0.25, 0.3) is 5.52 Å². The van der Waals surface area contributed by atoms with E-state index in [2.05, 4.69) is 10.4 Å². The number of primary amides is 1. The van der Waals surface area contributed by atoms with Gasteiger partial charge in [0.1, 0.15) is 5.82 Å². The number of nitrogens with one attached hydrogen (secondary N) is 1. The van der Waals surface area contributed by atoms with Crippen molar-refractivity contribution in [2.75, 3.05) is 5.32 Å². The van der Waals surface area contributed by atoms with Crippen LogP contribution in [0.3, 0.4) is 0 Å². The third kappa shape index (κ3) is 2.55. The second-order valence-corrected chi connectivity index (χ2v) is 4.61. The van der Waals surface area contributed by atoms with Gasteiger partial charge in [0.25, 0.3) is 0 Å². The summed E-state index contributed by atoms with van der Waals surface area (Å²) in [5, 5.41) is 7.17. The fourth-order valence-electron chi connectivity index (χ4n) is 2.13. The molecule has 0 unspecified atom stereocenters. The van der Waals surface area contributed by atoms with E-state index in [1.165, 1.54) is 18.2 Å². The molecule has 1 amide bonds. The van der Waals surface area contributed by atoms with Crippen molar-refractivity contribution >= 4 is 17.1 Å². The second kappa shape index (κ2) is 5.24. The second-order valence-electron chi connectivity index (χ2n) is 4.61. The smallest absolute Gasteiger partial charge is 0.248 e. The van der Waals surface area contributed by atoms with Gasteiger partial charge >= 0.3 is 0 Å². The Morgan fingerprint density at radius 2 is 2.19 bits per heavy atom. The van der Waals surface area contributed by atoms with Gasteiger partial charge in [0.2, 0.25) is 5.91 Å². The first-order valence-corrected chi connectivity index (χ1v) is 6.39. The lowest BCUT2D eigenvalue weighted by Crippen LogP contribution is -2.12. The topological polar surface area (TPSA) is 72.4 Å². The molecule has 0 aliphatic carbocycles.